The zero-order valence-corrected chi connectivity index (χ0v) is 19.6. The molecule has 38 heavy (non-hydrogen) atoms. The lowest BCUT2D eigenvalue weighted by molar-refractivity contribution is -0.137. The van der Waals surface area contributed by atoms with Crippen LogP contribution in [-0.4, -0.2) is 35.3 Å². The second kappa shape index (κ2) is 9.61. The third kappa shape index (κ3) is 4.63. The standard InChI is InChI=1S/C27H19F6N5/c28-19-3-1-2-18(27(31,32)33)24(19)14-6-7-23-17(10-14)25(15-4-5-16(12-34)20(29)11-15)37-26(36-23)38-9-8-22(35)21(30)13-38/h1-7,10-11,21-22H,8-9,13,35H2/t21-,22-/m1/s1. The minimum absolute atomic E-state index is 0.0733. The van der Waals surface area contributed by atoms with E-state index in [1.165, 1.54) is 30.3 Å². The molecular weight excluding hydrogens is 508 g/mol. The molecule has 4 aromatic rings. The van der Waals surface area contributed by atoms with Gasteiger partial charge in [0.25, 0.3) is 0 Å². The molecule has 0 aliphatic carbocycles. The Morgan fingerprint density at radius 3 is 2.42 bits per heavy atom. The smallest absolute Gasteiger partial charge is 0.338 e. The summed E-state index contributed by atoms with van der Waals surface area (Å²) in [4.78, 5) is 10.6. The second-order valence-electron chi connectivity index (χ2n) is 8.99. The summed E-state index contributed by atoms with van der Waals surface area (Å²) in [5.41, 5.74) is 4.30. The van der Waals surface area contributed by atoms with E-state index < -0.39 is 41.2 Å². The predicted molar refractivity (Wildman–Crippen MR) is 130 cm³/mol. The van der Waals surface area contributed by atoms with E-state index in [0.717, 1.165) is 24.3 Å². The highest BCUT2D eigenvalue weighted by Gasteiger charge is 2.35. The average Bonchev–Trinajstić information content (AvgIpc) is 2.88. The van der Waals surface area contributed by atoms with E-state index in [0.29, 0.717) is 13.0 Å². The molecule has 1 aliphatic rings. The molecule has 1 saturated heterocycles. The van der Waals surface area contributed by atoms with Crippen LogP contribution in [0.4, 0.5) is 32.3 Å². The summed E-state index contributed by atoms with van der Waals surface area (Å²) >= 11 is 0. The fourth-order valence-electron chi connectivity index (χ4n) is 4.54. The third-order valence-corrected chi connectivity index (χ3v) is 6.53. The molecule has 0 radical (unpaired) electrons. The number of fused-ring (bicyclic) bond motifs is 1. The number of nitrogens with two attached hydrogens (primary N) is 1. The van der Waals surface area contributed by atoms with Gasteiger partial charge in [0.1, 0.15) is 23.9 Å². The Morgan fingerprint density at radius 1 is 0.974 bits per heavy atom. The van der Waals surface area contributed by atoms with Gasteiger partial charge in [0.05, 0.1) is 28.9 Å². The lowest BCUT2D eigenvalue weighted by Crippen LogP contribution is -2.49. The van der Waals surface area contributed by atoms with E-state index in [2.05, 4.69) is 9.97 Å². The van der Waals surface area contributed by atoms with Crippen LogP contribution in [0.5, 0.6) is 0 Å². The van der Waals surface area contributed by atoms with Gasteiger partial charge in [-0.25, -0.2) is 23.1 Å². The Balaban J connectivity index is 1.74. The minimum atomic E-state index is -4.82. The highest BCUT2D eigenvalue weighted by Crippen LogP contribution is 2.40. The van der Waals surface area contributed by atoms with E-state index in [9.17, 15) is 26.3 Å². The summed E-state index contributed by atoms with van der Waals surface area (Å²) in [6, 6.07) is 11.6. The van der Waals surface area contributed by atoms with E-state index in [1.807, 2.05) is 0 Å². The van der Waals surface area contributed by atoms with Gasteiger partial charge in [0.2, 0.25) is 5.95 Å². The van der Waals surface area contributed by atoms with Gasteiger partial charge in [-0.05, 0) is 48.4 Å². The van der Waals surface area contributed by atoms with Crippen molar-refractivity contribution in [2.75, 3.05) is 18.0 Å². The van der Waals surface area contributed by atoms with Crippen molar-refractivity contribution in [3.05, 3.63) is 77.4 Å². The number of nitriles is 1. The van der Waals surface area contributed by atoms with Gasteiger partial charge in [0, 0.05) is 29.1 Å². The maximum Gasteiger partial charge on any atom is 0.417 e. The maximum absolute atomic E-state index is 14.7. The molecule has 1 aliphatic heterocycles. The fourth-order valence-corrected chi connectivity index (χ4v) is 4.54. The van der Waals surface area contributed by atoms with Crippen molar-refractivity contribution in [1.82, 2.24) is 9.97 Å². The molecule has 0 spiro atoms. The topological polar surface area (TPSA) is 78.8 Å². The number of hydrogen-bond donors (Lipinski definition) is 1. The fraction of sp³-hybridized carbons (Fsp3) is 0.222. The average molecular weight is 527 g/mol. The van der Waals surface area contributed by atoms with Crippen LogP contribution in [0.1, 0.15) is 17.5 Å². The van der Waals surface area contributed by atoms with Crippen molar-refractivity contribution < 1.29 is 26.3 Å². The van der Waals surface area contributed by atoms with Gasteiger partial charge < -0.3 is 10.6 Å². The van der Waals surface area contributed by atoms with Gasteiger partial charge in [-0.1, -0.05) is 18.2 Å². The Bertz CT molecular complexity index is 1580. The molecule has 0 amide bonds. The van der Waals surface area contributed by atoms with Gasteiger partial charge >= 0.3 is 6.18 Å². The van der Waals surface area contributed by atoms with Crippen LogP contribution in [0.25, 0.3) is 33.3 Å². The number of benzene rings is 3. The number of anilines is 1. The van der Waals surface area contributed by atoms with E-state index in [1.54, 1.807) is 11.0 Å². The summed E-state index contributed by atoms with van der Waals surface area (Å²) in [5, 5.41) is 9.32. The highest BCUT2D eigenvalue weighted by molar-refractivity contribution is 5.96. The van der Waals surface area contributed by atoms with E-state index in [-0.39, 0.29) is 45.8 Å². The van der Waals surface area contributed by atoms with Gasteiger partial charge in [-0.2, -0.15) is 18.4 Å². The predicted octanol–water partition coefficient (Wildman–Crippen LogP) is 6.01. The lowest BCUT2D eigenvalue weighted by Gasteiger charge is -2.33. The molecule has 0 bridgehead atoms. The van der Waals surface area contributed by atoms with E-state index >= 15 is 0 Å². The Morgan fingerprint density at radius 2 is 1.74 bits per heavy atom. The quantitative estimate of drug-likeness (QED) is 0.330. The van der Waals surface area contributed by atoms with Gasteiger partial charge in [-0.15, -0.1) is 0 Å². The van der Waals surface area contributed by atoms with Crippen LogP contribution in [0, 0.1) is 23.0 Å². The summed E-state index contributed by atoms with van der Waals surface area (Å²) < 4.78 is 84.8. The normalized spacial score (nSPS) is 18.0. The molecule has 194 valence electrons. The number of alkyl halides is 4. The van der Waals surface area contributed by atoms with Crippen LogP contribution in [0.2, 0.25) is 0 Å². The van der Waals surface area contributed by atoms with Crippen molar-refractivity contribution in [3.8, 4) is 28.5 Å². The number of rotatable bonds is 3. The zero-order valence-electron chi connectivity index (χ0n) is 19.6. The van der Waals surface area contributed by atoms with Crippen molar-refractivity contribution in [1.29, 1.82) is 5.26 Å². The summed E-state index contributed by atoms with van der Waals surface area (Å²) in [6.45, 7) is 0.284. The molecule has 1 fully saturated rings. The van der Waals surface area contributed by atoms with Crippen molar-refractivity contribution in [2.24, 2.45) is 5.73 Å². The number of piperidine rings is 1. The largest absolute Gasteiger partial charge is 0.417 e. The van der Waals surface area contributed by atoms with Crippen LogP contribution in [0.15, 0.2) is 54.6 Å². The molecule has 0 saturated carbocycles. The van der Waals surface area contributed by atoms with Crippen molar-refractivity contribution in [3.63, 3.8) is 0 Å². The highest BCUT2D eigenvalue weighted by atomic mass is 19.4. The molecule has 5 rings (SSSR count). The van der Waals surface area contributed by atoms with E-state index in [4.69, 9.17) is 11.0 Å². The summed E-state index contributed by atoms with van der Waals surface area (Å²) in [6.07, 6.45) is -5.80. The Hall–Kier alpha value is -4.17. The molecular formula is C27H19F6N5. The molecule has 3 aromatic carbocycles. The van der Waals surface area contributed by atoms with Crippen LogP contribution >= 0.6 is 0 Å². The molecule has 2 heterocycles. The van der Waals surface area contributed by atoms with Crippen LogP contribution in [0.3, 0.4) is 0 Å². The van der Waals surface area contributed by atoms with Crippen molar-refractivity contribution in [2.45, 2.75) is 24.8 Å². The maximum atomic E-state index is 14.7. The summed E-state index contributed by atoms with van der Waals surface area (Å²) in [7, 11) is 0. The molecule has 5 nitrogen and oxygen atoms in total. The number of halogens is 6. The Labute approximate surface area is 213 Å². The first-order valence-corrected chi connectivity index (χ1v) is 11.6. The Kier molecular flexibility index (Phi) is 6.44. The first-order chi connectivity index (χ1) is 18.1. The van der Waals surface area contributed by atoms with Crippen LogP contribution in [-0.2, 0) is 6.18 Å². The molecule has 11 heteroatoms. The molecule has 1 aromatic heterocycles. The first kappa shape index (κ1) is 25.5. The number of nitrogens with zero attached hydrogens (tertiary/aromatic N) is 4. The number of hydrogen-bond acceptors (Lipinski definition) is 5. The number of aromatic nitrogens is 2. The molecule has 2 N–H and O–H groups in total. The van der Waals surface area contributed by atoms with Crippen molar-refractivity contribution >= 4 is 16.9 Å². The van der Waals surface area contributed by atoms with Gasteiger partial charge in [0.15, 0.2) is 0 Å². The first-order valence-electron chi connectivity index (χ1n) is 11.6. The molecule has 0 unspecified atom stereocenters. The monoisotopic (exact) mass is 527 g/mol. The summed E-state index contributed by atoms with van der Waals surface area (Å²) in [5.74, 6) is -1.77. The van der Waals surface area contributed by atoms with Gasteiger partial charge in [-0.3, -0.25) is 0 Å². The SMILES string of the molecule is N#Cc1ccc(-c2nc(N3CC[C@@H](N)[C@H](F)C3)nc3ccc(-c4c(F)cccc4C(F)(F)F)cc23)cc1F. The third-order valence-electron chi connectivity index (χ3n) is 6.53. The van der Waals surface area contributed by atoms with Crippen LogP contribution < -0.4 is 10.6 Å². The minimum Gasteiger partial charge on any atom is -0.338 e. The lowest BCUT2D eigenvalue weighted by atomic mass is 9.95. The second-order valence-corrected chi connectivity index (χ2v) is 8.99. The zero-order chi connectivity index (χ0) is 27.2. The molecule has 2 atom stereocenters.